The topological polar surface area (TPSA) is 116 Å². The number of hydrogen-bond acceptors (Lipinski definition) is 6. The molecule has 7 rings (SSSR count). The van der Waals surface area contributed by atoms with Crippen LogP contribution in [0.1, 0.15) is 55.1 Å². The lowest BCUT2D eigenvalue weighted by Gasteiger charge is -2.20. The third-order valence-electron chi connectivity index (χ3n) is 8.06. The highest BCUT2D eigenvalue weighted by Crippen LogP contribution is 2.37. The number of carbonyl (C=O) groups excluding carboxylic acids is 2. The largest absolute Gasteiger partial charge is 0.353 e. The van der Waals surface area contributed by atoms with Gasteiger partial charge in [-0.2, -0.15) is 5.10 Å². The number of amides is 1. The van der Waals surface area contributed by atoms with Gasteiger partial charge in [0.2, 0.25) is 5.91 Å². The van der Waals surface area contributed by atoms with Crippen LogP contribution in [-0.4, -0.2) is 36.8 Å². The molecule has 1 aromatic carbocycles. The van der Waals surface area contributed by atoms with Crippen LogP contribution in [0.3, 0.4) is 0 Å². The van der Waals surface area contributed by atoms with Gasteiger partial charge in [0.15, 0.2) is 5.78 Å². The van der Waals surface area contributed by atoms with E-state index in [1.165, 1.54) is 30.6 Å². The maximum Gasteiger partial charge on any atom is 0.224 e. The number of nitrogens with zero attached hydrogens (tertiary/aromatic N) is 3. The van der Waals surface area contributed by atoms with Crippen molar-refractivity contribution in [2.75, 3.05) is 5.32 Å². The Kier molecular flexibility index (Phi) is 6.87. The molecule has 0 atom stereocenters. The van der Waals surface area contributed by atoms with E-state index in [1.54, 1.807) is 19.3 Å². The molecular weight excluding hydrogens is 544 g/mol. The van der Waals surface area contributed by atoms with Crippen molar-refractivity contribution < 1.29 is 9.59 Å². The lowest BCUT2D eigenvalue weighted by molar-refractivity contribution is -0.117. The van der Waals surface area contributed by atoms with E-state index < -0.39 is 0 Å². The highest BCUT2D eigenvalue weighted by atomic mass is 32.1. The lowest BCUT2D eigenvalue weighted by Crippen LogP contribution is -2.18. The second-order valence-corrected chi connectivity index (χ2v) is 12.1. The number of benzene rings is 1. The number of ketones is 1. The molecule has 210 valence electrons. The molecule has 6 aromatic rings. The summed E-state index contributed by atoms with van der Waals surface area (Å²) >= 11 is 1.50. The number of aromatic nitrogens is 5. The monoisotopic (exact) mass is 574 g/mol. The van der Waals surface area contributed by atoms with Gasteiger partial charge in [-0.05, 0) is 68.1 Å². The summed E-state index contributed by atoms with van der Waals surface area (Å²) in [5.41, 5.74) is 7.40. The number of aromatic amines is 2. The van der Waals surface area contributed by atoms with Crippen LogP contribution in [0.4, 0.5) is 5.69 Å². The van der Waals surface area contributed by atoms with Crippen molar-refractivity contribution in [3.8, 4) is 33.1 Å². The van der Waals surface area contributed by atoms with Gasteiger partial charge in [-0.3, -0.25) is 19.7 Å². The molecule has 1 fully saturated rings. The molecule has 8 nitrogen and oxygen atoms in total. The maximum atomic E-state index is 12.7. The van der Waals surface area contributed by atoms with Gasteiger partial charge in [0.25, 0.3) is 0 Å². The van der Waals surface area contributed by atoms with Crippen molar-refractivity contribution in [3.63, 3.8) is 0 Å². The zero-order valence-electron chi connectivity index (χ0n) is 23.2. The summed E-state index contributed by atoms with van der Waals surface area (Å²) in [6.45, 7) is 1.59. The summed E-state index contributed by atoms with van der Waals surface area (Å²) < 4.78 is 0. The fourth-order valence-electron chi connectivity index (χ4n) is 5.93. The Labute approximate surface area is 246 Å². The fourth-order valence-corrected chi connectivity index (χ4v) is 6.87. The molecule has 1 saturated carbocycles. The SMILES string of the molecule is CC(=O)c1ccc(-c2cccc3[nH]c(-c4n[nH]c5ccc(-c6cncc(NC(=O)CC7CCCCC7)c6)nc45)cc23)s1. The zero-order chi connectivity index (χ0) is 28.6. The first-order valence-electron chi connectivity index (χ1n) is 14.4. The van der Waals surface area contributed by atoms with Gasteiger partial charge in [0, 0.05) is 39.5 Å². The van der Waals surface area contributed by atoms with Crippen LogP contribution in [-0.2, 0) is 4.79 Å². The average Bonchev–Trinajstić information content (AvgIpc) is 3.75. The first kappa shape index (κ1) is 26.3. The Morgan fingerprint density at radius 3 is 2.71 bits per heavy atom. The number of Topliss-reactive ketones (excluding diaryl/α,β-unsaturated/α-hetero) is 1. The summed E-state index contributed by atoms with van der Waals surface area (Å²) in [4.78, 5) is 39.2. The van der Waals surface area contributed by atoms with Gasteiger partial charge in [0.05, 0.1) is 33.7 Å². The number of hydrogen-bond donors (Lipinski definition) is 3. The smallest absolute Gasteiger partial charge is 0.224 e. The first-order chi connectivity index (χ1) is 20.5. The van der Waals surface area contributed by atoms with E-state index in [1.807, 2.05) is 42.5 Å². The molecule has 1 aliphatic rings. The van der Waals surface area contributed by atoms with Crippen LogP contribution in [0.25, 0.3) is 55.0 Å². The van der Waals surface area contributed by atoms with Gasteiger partial charge in [-0.1, -0.05) is 31.4 Å². The summed E-state index contributed by atoms with van der Waals surface area (Å²) in [6.07, 6.45) is 9.98. The molecule has 1 amide bonds. The van der Waals surface area contributed by atoms with Crippen LogP contribution in [0, 0.1) is 5.92 Å². The number of fused-ring (bicyclic) bond motifs is 2. The molecule has 0 bridgehead atoms. The third kappa shape index (κ3) is 5.12. The molecule has 0 radical (unpaired) electrons. The molecule has 5 heterocycles. The first-order valence-corrected chi connectivity index (χ1v) is 15.2. The van der Waals surface area contributed by atoms with E-state index in [0.29, 0.717) is 18.0 Å². The van der Waals surface area contributed by atoms with E-state index in [-0.39, 0.29) is 11.7 Å². The van der Waals surface area contributed by atoms with Crippen LogP contribution < -0.4 is 5.32 Å². The minimum atomic E-state index is 0.0413. The minimum Gasteiger partial charge on any atom is -0.353 e. The second kappa shape index (κ2) is 11.0. The number of nitrogens with one attached hydrogen (secondary N) is 3. The molecular formula is C33H30N6O2S. The fraction of sp³-hybridized carbons (Fsp3) is 0.242. The van der Waals surface area contributed by atoms with Crippen molar-refractivity contribution in [1.29, 1.82) is 0 Å². The molecule has 1 aliphatic carbocycles. The number of anilines is 1. The number of carbonyl (C=O) groups is 2. The Hall–Kier alpha value is -4.63. The van der Waals surface area contributed by atoms with Crippen molar-refractivity contribution in [1.82, 2.24) is 25.1 Å². The molecule has 0 saturated heterocycles. The number of H-pyrrole nitrogens is 2. The molecule has 0 spiro atoms. The van der Waals surface area contributed by atoms with Crippen molar-refractivity contribution in [2.45, 2.75) is 45.4 Å². The second-order valence-electron chi connectivity index (χ2n) is 11.1. The average molecular weight is 575 g/mol. The Morgan fingerprint density at radius 2 is 1.88 bits per heavy atom. The molecule has 0 aliphatic heterocycles. The number of rotatable bonds is 7. The normalized spacial score (nSPS) is 14.0. The van der Waals surface area contributed by atoms with Crippen LogP contribution in [0.15, 0.2) is 67.0 Å². The van der Waals surface area contributed by atoms with Crippen molar-refractivity contribution in [3.05, 3.63) is 71.9 Å². The van der Waals surface area contributed by atoms with E-state index in [9.17, 15) is 9.59 Å². The summed E-state index contributed by atoms with van der Waals surface area (Å²) in [5, 5.41) is 11.8. The maximum absolute atomic E-state index is 12.7. The minimum absolute atomic E-state index is 0.0413. The van der Waals surface area contributed by atoms with E-state index in [4.69, 9.17) is 4.98 Å². The van der Waals surface area contributed by atoms with Crippen LogP contribution in [0.2, 0.25) is 0 Å². The van der Waals surface area contributed by atoms with Gasteiger partial charge >= 0.3 is 0 Å². The van der Waals surface area contributed by atoms with Gasteiger partial charge in [0.1, 0.15) is 11.2 Å². The van der Waals surface area contributed by atoms with Crippen molar-refractivity contribution in [2.24, 2.45) is 5.92 Å². The Bertz CT molecular complexity index is 1940. The highest BCUT2D eigenvalue weighted by Gasteiger charge is 2.19. The van der Waals surface area contributed by atoms with E-state index in [0.717, 1.165) is 72.7 Å². The molecule has 0 unspecified atom stereocenters. The molecule has 42 heavy (non-hydrogen) atoms. The Morgan fingerprint density at radius 1 is 1.00 bits per heavy atom. The van der Waals surface area contributed by atoms with Gasteiger partial charge in [-0.25, -0.2) is 4.98 Å². The third-order valence-corrected chi connectivity index (χ3v) is 9.28. The van der Waals surface area contributed by atoms with Gasteiger partial charge in [-0.15, -0.1) is 11.3 Å². The summed E-state index contributed by atoms with van der Waals surface area (Å²) in [7, 11) is 0. The number of pyridine rings is 2. The molecule has 3 N–H and O–H groups in total. The summed E-state index contributed by atoms with van der Waals surface area (Å²) in [6, 6.07) is 17.9. The zero-order valence-corrected chi connectivity index (χ0v) is 24.1. The Balaban J connectivity index is 1.19. The standard InChI is InChI=1S/C33H30N6O2S/c1-19(40)29-12-13-30(42-29)23-8-5-9-26-24(23)16-28(36-26)33-32-27(38-39-33)11-10-25(37-32)21-15-22(18-34-17-21)35-31(41)14-20-6-3-2-4-7-20/h5,8-13,15-18,20,36H,2-4,6-7,14H2,1H3,(H,35,41)(H,38,39). The lowest BCUT2D eigenvalue weighted by atomic mass is 9.87. The van der Waals surface area contributed by atoms with Gasteiger partial charge < -0.3 is 10.3 Å². The quantitative estimate of drug-likeness (QED) is 0.167. The molecule has 9 heteroatoms. The predicted molar refractivity (Wildman–Crippen MR) is 168 cm³/mol. The highest BCUT2D eigenvalue weighted by molar-refractivity contribution is 7.17. The number of thiophene rings is 1. The summed E-state index contributed by atoms with van der Waals surface area (Å²) in [5.74, 6) is 0.586. The van der Waals surface area contributed by atoms with Crippen LogP contribution >= 0.6 is 11.3 Å². The predicted octanol–water partition coefficient (Wildman–Crippen LogP) is 8.01. The van der Waals surface area contributed by atoms with Crippen LogP contribution in [0.5, 0.6) is 0 Å². The van der Waals surface area contributed by atoms with Crippen molar-refractivity contribution >= 4 is 50.7 Å². The van der Waals surface area contributed by atoms with E-state index >= 15 is 0 Å². The van der Waals surface area contributed by atoms with E-state index in [2.05, 4.69) is 37.6 Å². The molecule has 5 aromatic heterocycles.